The maximum atomic E-state index is 11.0. The molecule has 0 fully saturated rings. The van der Waals surface area contributed by atoms with E-state index < -0.39 is 0 Å². The van der Waals surface area contributed by atoms with Crippen LogP contribution in [0.2, 0.25) is 0 Å². The van der Waals surface area contributed by atoms with Crippen molar-refractivity contribution in [2.75, 3.05) is 6.54 Å². The smallest absolute Gasteiger partial charge is 0.253 e. The summed E-state index contributed by atoms with van der Waals surface area (Å²) in [5.74, 6) is -0.382. The number of nitrogens with zero attached hydrogens (tertiary/aromatic N) is 1. The first-order chi connectivity index (χ1) is 6.25. The number of amides is 2. The van der Waals surface area contributed by atoms with Crippen molar-refractivity contribution < 1.29 is 9.59 Å². The molecule has 0 atom stereocenters. The van der Waals surface area contributed by atoms with E-state index in [4.69, 9.17) is 0 Å². The zero-order valence-corrected chi connectivity index (χ0v) is 7.53. The average molecular weight is 179 g/mol. The largest absolute Gasteiger partial charge is 0.275 e. The second-order valence-corrected chi connectivity index (χ2v) is 2.95. The zero-order chi connectivity index (χ0) is 9.68. The van der Waals surface area contributed by atoms with Crippen LogP contribution in [0.15, 0.2) is 24.8 Å². The second kappa shape index (κ2) is 4.60. The van der Waals surface area contributed by atoms with Crippen molar-refractivity contribution in [2.24, 2.45) is 0 Å². The highest BCUT2D eigenvalue weighted by Gasteiger charge is 2.21. The highest BCUT2D eigenvalue weighted by atomic mass is 16.2. The van der Waals surface area contributed by atoms with Gasteiger partial charge in [-0.15, -0.1) is 6.58 Å². The van der Waals surface area contributed by atoms with Crippen molar-refractivity contribution in [3.05, 3.63) is 24.8 Å². The van der Waals surface area contributed by atoms with Crippen LogP contribution < -0.4 is 0 Å². The van der Waals surface area contributed by atoms with Gasteiger partial charge in [-0.05, 0) is 19.3 Å². The Hall–Kier alpha value is -1.38. The van der Waals surface area contributed by atoms with Crippen molar-refractivity contribution >= 4 is 11.8 Å². The minimum Gasteiger partial charge on any atom is -0.275 e. The lowest BCUT2D eigenvalue weighted by Gasteiger charge is -2.12. The summed E-state index contributed by atoms with van der Waals surface area (Å²) in [6.45, 7) is 4.13. The molecule has 0 saturated heterocycles. The summed E-state index contributed by atoms with van der Waals surface area (Å²) >= 11 is 0. The third-order valence-electron chi connectivity index (χ3n) is 1.94. The Morgan fingerprint density at radius 2 is 1.85 bits per heavy atom. The highest BCUT2D eigenvalue weighted by molar-refractivity contribution is 6.12. The fourth-order valence-corrected chi connectivity index (χ4v) is 1.21. The van der Waals surface area contributed by atoms with Gasteiger partial charge in [0.15, 0.2) is 0 Å². The Labute approximate surface area is 77.7 Å². The summed E-state index contributed by atoms with van der Waals surface area (Å²) in [4.78, 5) is 23.4. The van der Waals surface area contributed by atoms with E-state index in [1.807, 2.05) is 6.08 Å². The predicted molar refractivity (Wildman–Crippen MR) is 49.9 cm³/mol. The number of allylic oxidation sites excluding steroid dienone is 1. The van der Waals surface area contributed by atoms with Gasteiger partial charge in [-0.2, -0.15) is 0 Å². The van der Waals surface area contributed by atoms with E-state index in [0.29, 0.717) is 6.54 Å². The third kappa shape index (κ3) is 2.54. The number of imide groups is 1. The van der Waals surface area contributed by atoms with Crippen molar-refractivity contribution in [3.8, 4) is 0 Å². The molecule has 0 aliphatic carbocycles. The number of carbonyl (C=O) groups excluding carboxylic acids is 2. The first kappa shape index (κ1) is 9.71. The zero-order valence-electron chi connectivity index (χ0n) is 7.53. The molecule has 0 bridgehead atoms. The fourth-order valence-electron chi connectivity index (χ4n) is 1.21. The Balaban J connectivity index is 2.25. The summed E-state index contributed by atoms with van der Waals surface area (Å²) in [5, 5.41) is 0. The number of rotatable bonds is 5. The number of carbonyl (C=O) groups is 2. The van der Waals surface area contributed by atoms with Crippen molar-refractivity contribution in [1.82, 2.24) is 4.90 Å². The molecule has 0 spiro atoms. The van der Waals surface area contributed by atoms with Gasteiger partial charge in [0.2, 0.25) is 0 Å². The van der Waals surface area contributed by atoms with Gasteiger partial charge in [0.25, 0.3) is 11.8 Å². The molecular formula is C10H13NO2. The van der Waals surface area contributed by atoms with Crippen LogP contribution in [0.3, 0.4) is 0 Å². The van der Waals surface area contributed by atoms with E-state index in [1.165, 1.54) is 17.1 Å². The highest BCUT2D eigenvalue weighted by Crippen LogP contribution is 2.06. The lowest BCUT2D eigenvalue weighted by Crippen LogP contribution is -2.30. The van der Waals surface area contributed by atoms with Gasteiger partial charge in [-0.1, -0.05) is 6.08 Å². The SMILES string of the molecule is C=CCCCCN1C(=O)C=CC1=O. The molecule has 13 heavy (non-hydrogen) atoms. The molecule has 1 aliphatic heterocycles. The van der Waals surface area contributed by atoms with Crippen molar-refractivity contribution in [2.45, 2.75) is 19.3 Å². The second-order valence-electron chi connectivity index (χ2n) is 2.95. The van der Waals surface area contributed by atoms with Crippen LogP contribution in [0.25, 0.3) is 0 Å². The van der Waals surface area contributed by atoms with Crippen LogP contribution in [-0.4, -0.2) is 23.3 Å². The van der Waals surface area contributed by atoms with Gasteiger partial charge in [0.1, 0.15) is 0 Å². The summed E-state index contributed by atoms with van der Waals surface area (Å²) in [7, 11) is 0. The van der Waals surface area contributed by atoms with Gasteiger partial charge in [0, 0.05) is 18.7 Å². The molecule has 1 heterocycles. The Morgan fingerprint density at radius 3 is 2.38 bits per heavy atom. The van der Waals surface area contributed by atoms with Crippen LogP contribution in [-0.2, 0) is 9.59 Å². The normalized spacial score (nSPS) is 15.5. The average Bonchev–Trinajstić information content (AvgIpc) is 2.42. The molecule has 2 amide bonds. The van der Waals surface area contributed by atoms with E-state index in [9.17, 15) is 9.59 Å². The molecule has 3 nitrogen and oxygen atoms in total. The van der Waals surface area contributed by atoms with E-state index in [1.54, 1.807) is 0 Å². The van der Waals surface area contributed by atoms with Crippen LogP contribution in [0.1, 0.15) is 19.3 Å². The van der Waals surface area contributed by atoms with Crippen LogP contribution in [0.5, 0.6) is 0 Å². The predicted octanol–water partition coefficient (Wildman–Crippen LogP) is 1.27. The minimum absolute atomic E-state index is 0.191. The van der Waals surface area contributed by atoms with Gasteiger partial charge in [0.05, 0.1) is 0 Å². The van der Waals surface area contributed by atoms with E-state index in [0.717, 1.165) is 19.3 Å². The molecule has 0 aromatic rings. The molecule has 0 aromatic carbocycles. The van der Waals surface area contributed by atoms with Crippen LogP contribution in [0, 0.1) is 0 Å². The maximum absolute atomic E-state index is 11.0. The molecule has 3 heteroatoms. The van der Waals surface area contributed by atoms with Crippen LogP contribution >= 0.6 is 0 Å². The quantitative estimate of drug-likeness (QED) is 0.362. The number of unbranched alkanes of at least 4 members (excludes halogenated alkanes) is 2. The van der Waals surface area contributed by atoms with Crippen molar-refractivity contribution in [3.63, 3.8) is 0 Å². The standard InChI is InChI=1S/C10H13NO2/c1-2-3-4-5-8-11-9(12)6-7-10(11)13/h2,6-7H,1,3-5,8H2. The molecule has 1 aliphatic rings. The number of hydrogen-bond acceptors (Lipinski definition) is 2. The molecule has 0 radical (unpaired) electrons. The number of hydrogen-bond donors (Lipinski definition) is 0. The molecule has 0 N–H and O–H groups in total. The molecular weight excluding hydrogens is 166 g/mol. The summed E-state index contributed by atoms with van der Waals surface area (Å²) in [6, 6.07) is 0. The first-order valence-electron chi connectivity index (χ1n) is 4.40. The monoisotopic (exact) mass is 179 g/mol. The Kier molecular flexibility index (Phi) is 3.43. The summed E-state index contributed by atoms with van der Waals surface area (Å²) in [6.07, 6.45) is 7.23. The summed E-state index contributed by atoms with van der Waals surface area (Å²) in [5.41, 5.74) is 0. The first-order valence-corrected chi connectivity index (χ1v) is 4.40. The Bertz CT molecular complexity index is 238. The van der Waals surface area contributed by atoms with E-state index in [2.05, 4.69) is 6.58 Å². The summed E-state index contributed by atoms with van der Waals surface area (Å²) < 4.78 is 0. The fraction of sp³-hybridized carbons (Fsp3) is 0.400. The molecule has 0 aromatic heterocycles. The molecule has 0 saturated carbocycles. The molecule has 70 valence electrons. The minimum atomic E-state index is -0.191. The van der Waals surface area contributed by atoms with E-state index in [-0.39, 0.29) is 11.8 Å². The van der Waals surface area contributed by atoms with Gasteiger partial charge >= 0.3 is 0 Å². The van der Waals surface area contributed by atoms with E-state index >= 15 is 0 Å². The lowest BCUT2D eigenvalue weighted by molar-refractivity contribution is -0.136. The van der Waals surface area contributed by atoms with Crippen molar-refractivity contribution in [1.29, 1.82) is 0 Å². The van der Waals surface area contributed by atoms with Gasteiger partial charge < -0.3 is 0 Å². The third-order valence-corrected chi connectivity index (χ3v) is 1.94. The van der Waals surface area contributed by atoms with Crippen LogP contribution in [0.4, 0.5) is 0 Å². The molecule has 0 unspecified atom stereocenters. The van der Waals surface area contributed by atoms with Gasteiger partial charge in [-0.3, -0.25) is 14.5 Å². The lowest BCUT2D eigenvalue weighted by atomic mass is 10.2. The maximum Gasteiger partial charge on any atom is 0.253 e. The topological polar surface area (TPSA) is 37.4 Å². The van der Waals surface area contributed by atoms with Gasteiger partial charge in [-0.25, -0.2) is 0 Å². The Morgan fingerprint density at radius 1 is 1.23 bits per heavy atom. The molecule has 1 rings (SSSR count).